The number of halogens is 3. The van der Waals surface area contributed by atoms with E-state index in [-0.39, 0.29) is 11.9 Å². The number of hydrogen-bond acceptors (Lipinski definition) is 2. The van der Waals surface area contributed by atoms with E-state index in [2.05, 4.69) is 15.9 Å². The zero-order valence-corrected chi connectivity index (χ0v) is 13.9. The molecule has 2 atom stereocenters. The molecule has 0 aliphatic carbocycles. The van der Waals surface area contributed by atoms with Gasteiger partial charge in [0.2, 0.25) is 0 Å². The summed E-state index contributed by atoms with van der Waals surface area (Å²) in [7, 11) is 0. The molecule has 0 saturated carbocycles. The SMILES string of the molecule is CCC(N)C(Oc1ccc(Cl)cc1Br)c1cccc(F)c1. The van der Waals surface area contributed by atoms with Crippen LogP contribution in [-0.2, 0) is 0 Å². The molecule has 0 fully saturated rings. The Kier molecular flexibility index (Phi) is 5.62. The van der Waals surface area contributed by atoms with Gasteiger partial charge < -0.3 is 10.5 Å². The van der Waals surface area contributed by atoms with Crippen molar-refractivity contribution >= 4 is 27.5 Å². The average molecular weight is 373 g/mol. The zero-order chi connectivity index (χ0) is 15.4. The van der Waals surface area contributed by atoms with Crippen LogP contribution in [-0.4, -0.2) is 6.04 Å². The Labute approximate surface area is 137 Å². The molecule has 0 heterocycles. The molecule has 2 unspecified atom stereocenters. The molecule has 2 aromatic carbocycles. The Morgan fingerprint density at radius 3 is 2.67 bits per heavy atom. The zero-order valence-electron chi connectivity index (χ0n) is 11.5. The van der Waals surface area contributed by atoms with Crippen molar-refractivity contribution in [2.45, 2.75) is 25.5 Å². The third-order valence-corrected chi connectivity index (χ3v) is 4.04. The van der Waals surface area contributed by atoms with Crippen LogP contribution >= 0.6 is 27.5 Å². The van der Waals surface area contributed by atoms with E-state index in [9.17, 15) is 4.39 Å². The van der Waals surface area contributed by atoms with Crippen LogP contribution in [0.5, 0.6) is 5.75 Å². The fraction of sp³-hybridized carbons (Fsp3) is 0.250. The summed E-state index contributed by atoms with van der Waals surface area (Å²) in [4.78, 5) is 0. The summed E-state index contributed by atoms with van der Waals surface area (Å²) in [5.74, 6) is 0.317. The highest BCUT2D eigenvalue weighted by Gasteiger charge is 2.22. The highest BCUT2D eigenvalue weighted by Crippen LogP contribution is 2.33. The van der Waals surface area contributed by atoms with E-state index < -0.39 is 6.10 Å². The monoisotopic (exact) mass is 371 g/mol. The lowest BCUT2D eigenvalue weighted by molar-refractivity contribution is 0.169. The molecule has 0 bridgehead atoms. The first-order chi connectivity index (χ1) is 10.0. The van der Waals surface area contributed by atoms with Crippen molar-refractivity contribution < 1.29 is 9.13 Å². The Hall–Kier alpha value is -1.10. The van der Waals surface area contributed by atoms with Gasteiger partial charge in [0.05, 0.1) is 4.47 Å². The molecule has 0 saturated heterocycles. The van der Waals surface area contributed by atoms with E-state index in [0.29, 0.717) is 22.8 Å². The van der Waals surface area contributed by atoms with Gasteiger partial charge in [-0.1, -0.05) is 30.7 Å². The van der Waals surface area contributed by atoms with Crippen molar-refractivity contribution in [3.63, 3.8) is 0 Å². The maximum Gasteiger partial charge on any atom is 0.139 e. The van der Waals surface area contributed by atoms with E-state index in [4.69, 9.17) is 22.1 Å². The van der Waals surface area contributed by atoms with Crippen LogP contribution in [0.4, 0.5) is 4.39 Å². The van der Waals surface area contributed by atoms with E-state index in [1.54, 1.807) is 24.3 Å². The molecule has 2 N–H and O–H groups in total. The second-order valence-corrected chi connectivity index (χ2v) is 6.03. The van der Waals surface area contributed by atoms with E-state index in [1.807, 2.05) is 13.0 Å². The van der Waals surface area contributed by atoms with Crippen LogP contribution in [0.15, 0.2) is 46.9 Å². The second kappa shape index (κ2) is 7.25. The number of hydrogen-bond donors (Lipinski definition) is 1. The molecule has 2 aromatic rings. The van der Waals surface area contributed by atoms with Gasteiger partial charge in [0.1, 0.15) is 17.7 Å². The predicted octanol–water partition coefficient (Wildman–Crippen LogP) is 5.10. The summed E-state index contributed by atoms with van der Waals surface area (Å²) in [6.07, 6.45) is 0.287. The smallest absolute Gasteiger partial charge is 0.139 e. The highest BCUT2D eigenvalue weighted by molar-refractivity contribution is 9.10. The van der Waals surface area contributed by atoms with Crippen molar-refractivity contribution in [3.8, 4) is 5.75 Å². The minimum Gasteiger partial charge on any atom is -0.483 e. The summed E-state index contributed by atoms with van der Waals surface area (Å²) >= 11 is 9.33. The third kappa shape index (κ3) is 4.19. The van der Waals surface area contributed by atoms with E-state index in [1.165, 1.54) is 12.1 Å². The molecule has 0 aliphatic rings. The van der Waals surface area contributed by atoms with Crippen LogP contribution < -0.4 is 10.5 Å². The number of ether oxygens (including phenoxy) is 1. The molecular weight excluding hydrogens is 357 g/mol. The minimum absolute atomic E-state index is 0.241. The fourth-order valence-corrected chi connectivity index (χ4v) is 2.78. The largest absolute Gasteiger partial charge is 0.483 e. The number of nitrogens with two attached hydrogens (primary N) is 1. The number of benzene rings is 2. The van der Waals surface area contributed by atoms with Crippen molar-refractivity contribution in [2.24, 2.45) is 5.73 Å². The molecule has 112 valence electrons. The van der Waals surface area contributed by atoms with Gasteiger partial charge in [0, 0.05) is 11.1 Å². The van der Waals surface area contributed by atoms with Crippen LogP contribution in [0.1, 0.15) is 25.0 Å². The van der Waals surface area contributed by atoms with Gasteiger partial charge >= 0.3 is 0 Å². The van der Waals surface area contributed by atoms with Crippen LogP contribution in [0, 0.1) is 5.82 Å². The maximum absolute atomic E-state index is 13.4. The van der Waals surface area contributed by atoms with Gasteiger partial charge in [0.15, 0.2) is 0 Å². The first kappa shape index (κ1) is 16.3. The molecule has 0 aromatic heterocycles. The predicted molar refractivity (Wildman–Crippen MR) is 87.2 cm³/mol. The molecule has 0 aliphatic heterocycles. The molecule has 2 rings (SSSR count). The van der Waals surface area contributed by atoms with Crippen LogP contribution in [0.2, 0.25) is 5.02 Å². The summed E-state index contributed by atoms with van der Waals surface area (Å²) in [5, 5.41) is 0.608. The summed E-state index contributed by atoms with van der Waals surface area (Å²) in [5.41, 5.74) is 6.85. The third-order valence-electron chi connectivity index (χ3n) is 3.19. The van der Waals surface area contributed by atoms with Crippen molar-refractivity contribution in [2.75, 3.05) is 0 Å². The lowest BCUT2D eigenvalue weighted by atomic mass is 10.0. The summed E-state index contributed by atoms with van der Waals surface area (Å²) in [6.45, 7) is 1.97. The van der Waals surface area contributed by atoms with Crippen LogP contribution in [0.3, 0.4) is 0 Å². The highest BCUT2D eigenvalue weighted by atomic mass is 79.9. The molecule has 2 nitrogen and oxygen atoms in total. The molecule has 0 amide bonds. The quantitative estimate of drug-likeness (QED) is 0.792. The van der Waals surface area contributed by atoms with Gasteiger partial charge in [-0.05, 0) is 58.2 Å². The van der Waals surface area contributed by atoms with Gasteiger partial charge in [0.25, 0.3) is 0 Å². The number of rotatable bonds is 5. The standard InChI is InChI=1S/C16H16BrClFNO/c1-2-14(20)16(10-4-3-5-12(19)8-10)21-15-7-6-11(18)9-13(15)17/h3-9,14,16H,2,20H2,1H3. The van der Waals surface area contributed by atoms with Crippen molar-refractivity contribution in [3.05, 3.63) is 63.3 Å². The lowest BCUT2D eigenvalue weighted by Gasteiger charge is -2.25. The maximum atomic E-state index is 13.4. The van der Waals surface area contributed by atoms with Crippen molar-refractivity contribution in [1.29, 1.82) is 0 Å². The molecular formula is C16H16BrClFNO. The Morgan fingerprint density at radius 2 is 2.05 bits per heavy atom. The summed E-state index contributed by atoms with van der Waals surface area (Å²) < 4.78 is 20.2. The van der Waals surface area contributed by atoms with E-state index >= 15 is 0 Å². The van der Waals surface area contributed by atoms with Gasteiger partial charge in [-0.2, -0.15) is 0 Å². The average Bonchev–Trinajstić information content (AvgIpc) is 2.45. The Balaban J connectivity index is 2.33. The second-order valence-electron chi connectivity index (χ2n) is 4.74. The molecule has 21 heavy (non-hydrogen) atoms. The summed E-state index contributed by atoms with van der Waals surface area (Å²) in [6, 6.07) is 11.3. The molecule has 5 heteroatoms. The Morgan fingerprint density at radius 1 is 1.29 bits per heavy atom. The Bertz CT molecular complexity index is 623. The van der Waals surface area contributed by atoms with Crippen LogP contribution in [0.25, 0.3) is 0 Å². The normalized spacial score (nSPS) is 13.8. The van der Waals surface area contributed by atoms with Gasteiger partial charge in [-0.3, -0.25) is 0 Å². The lowest BCUT2D eigenvalue weighted by Crippen LogP contribution is -2.31. The fourth-order valence-electron chi connectivity index (χ4n) is 2.01. The molecule has 0 radical (unpaired) electrons. The van der Waals surface area contributed by atoms with Gasteiger partial charge in [-0.15, -0.1) is 0 Å². The first-order valence-corrected chi connectivity index (χ1v) is 7.81. The first-order valence-electron chi connectivity index (χ1n) is 6.64. The van der Waals surface area contributed by atoms with E-state index in [0.717, 1.165) is 4.47 Å². The van der Waals surface area contributed by atoms with Gasteiger partial charge in [-0.25, -0.2) is 4.39 Å². The topological polar surface area (TPSA) is 35.2 Å². The van der Waals surface area contributed by atoms with Crippen molar-refractivity contribution in [1.82, 2.24) is 0 Å². The molecule has 0 spiro atoms. The minimum atomic E-state index is -0.428.